The number of aromatic nitrogens is 4. The number of alkyl halides is 3. The molecule has 0 bridgehead atoms. The molecular formula is C13H10F3N5S. The molecule has 0 spiro atoms. The van der Waals surface area contributed by atoms with Gasteiger partial charge in [-0.3, -0.25) is 0 Å². The summed E-state index contributed by atoms with van der Waals surface area (Å²) in [7, 11) is 0. The van der Waals surface area contributed by atoms with Crippen molar-refractivity contribution in [1.82, 2.24) is 19.7 Å². The predicted octanol–water partition coefficient (Wildman–Crippen LogP) is 3.30. The van der Waals surface area contributed by atoms with Crippen molar-refractivity contribution in [2.45, 2.75) is 13.1 Å². The minimum absolute atomic E-state index is 0.0138. The van der Waals surface area contributed by atoms with Gasteiger partial charge in [-0.15, -0.1) is 11.3 Å². The van der Waals surface area contributed by atoms with Crippen molar-refractivity contribution in [3.05, 3.63) is 41.0 Å². The average Bonchev–Trinajstić information content (AvgIpc) is 3.06. The molecule has 3 heterocycles. The summed E-state index contributed by atoms with van der Waals surface area (Å²) in [6.45, 7) is 1.62. The Kier molecular flexibility index (Phi) is 3.36. The van der Waals surface area contributed by atoms with Crippen molar-refractivity contribution in [1.29, 1.82) is 0 Å². The van der Waals surface area contributed by atoms with Gasteiger partial charge >= 0.3 is 6.18 Å². The molecule has 22 heavy (non-hydrogen) atoms. The molecule has 2 N–H and O–H groups in total. The third-order valence-electron chi connectivity index (χ3n) is 2.85. The normalized spacial score (nSPS) is 11.8. The molecule has 0 amide bonds. The molecule has 0 saturated heterocycles. The summed E-state index contributed by atoms with van der Waals surface area (Å²) >= 11 is 1.31. The van der Waals surface area contributed by atoms with Gasteiger partial charge < -0.3 is 5.73 Å². The lowest BCUT2D eigenvalue weighted by molar-refractivity contribution is -0.142. The maximum Gasteiger partial charge on any atom is 0.433 e. The first-order chi connectivity index (χ1) is 10.3. The molecule has 9 heteroatoms. The number of anilines is 1. The van der Waals surface area contributed by atoms with Gasteiger partial charge in [0.1, 0.15) is 5.69 Å². The van der Waals surface area contributed by atoms with Crippen LogP contribution in [-0.2, 0) is 6.18 Å². The quantitative estimate of drug-likeness (QED) is 0.785. The smallest absolute Gasteiger partial charge is 0.368 e. The van der Waals surface area contributed by atoms with E-state index in [9.17, 15) is 13.2 Å². The third kappa shape index (κ3) is 2.67. The zero-order valence-electron chi connectivity index (χ0n) is 11.3. The van der Waals surface area contributed by atoms with Gasteiger partial charge in [-0.25, -0.2) is 9.67 Å². The maximum atomic E-state index is 13.3. The number of thiophene rings is 1. The van der Waals surface area contributed by atoms with E-state index in [0.29, 0.717) is 10.6 Å². The van der Waals surface area contributed by atoms with Crippen LogP contribution in [0.2, 0.25) is 0 Å². The Hall–Kier alpha value is -2.42. The van der Waals surface area contributed by atoms with Crippen LogP contribution in [0.5, 0.6) is 0 Å². The third-order valence-corrected chi connectivity index (χ3v) is 3.74. The molecule has 0 atom stereocenters. The van der Waals surface area contributed by atoms with E-state index in [1.54, 1.807) is 24.4 Å². The Morgan fingerprint density at radius 1 is 1.23 bits per heavy atom. The Balaban J connectivity index is 2.21. The van der Waals surface area contributed by atoms with Crippen molar-refractivity contribution >= 4 is 17.3 Å². The van der Waals surface area contributed by atoms with Gasteiger partial charge in [0.05, 0.1) is 4.88 Å². The van der Waals surface area contributed by atoms with E-state index >= 15 is 0 Å². The van der Waals surface area contributed by atoms with Crippen LogP contribution >= 0.6 is 11.3 Å². The van der Waals surface area contributed by atoms with Crippen LogP contribution in [0.3, 0.4) is 0 Å². The zero-order valence-corrected chi connectivity index (χ0v) is 12.1. The fraction of sp³-hybridized carbons (Fsp3) is 0.154. The van der Waals surface area contributed by atoms with Crippen molar-refractivity contribution in [3.8, 4) is 16.4 Å². The van der Waals surface area contributed by atoms with Gasteiger partial charge in [-0.1, -0.05) is 6.07 Å². The molecule has 5 nitrogen and oxygen atoms in total. The molecule has 0 fully saturated rings. The Labute approximate surface area is 127 Å². The predicted molar refractivity (Wildman–Crippen MR) is 76.6 cm³/mol. The van der Waals surface area contributed by atoms with E-state index in [1.807, 2.05) is 0 Å². The van der Waals surface area contributed by atoms with Crippen LogP contribution in [0.1, 0.15) is 11.4 Å². The van der Waals surface area contributed by atoms with Gasteiger partial charge in [-0.05, 0) is 24.4 Å². The molecule has 0 radical (unpaired) electrons. The number of nitrogen functional groups attached to an aromatic ring is 1. The van der Waals surface area contributed by atoms with Crippen molar-refractivity contribution in [2.24, 2.45) is 0 Å². The minimum Gasteiger partial charge on any atom is -0.368 e. The second kappa shape index (κ2) is 5.09. The number of nitrogens with zero attached hydrogens (tertiary/aromatic N) is 4. The number of rotatable bonds is 2. The lowest BCUT2D eigenvalue weighted by atomic mass is 10.3. The van der Waals surface area contributed by atoms with E-state index in [2.05, 4.69) is 15.1 Å². The Morgan fingerprint density at radius 2 is 2.00 bits per heavy atom. The summed E-state index contributed by atoms with van der Waals surface area (Å²) in [6.07, 6.45) is -4.56. The maximum absolute atomic E-state index is 13.3. The van der Waals surface area contributed by atoms with Crippen LogP contribution in [0.15, 0.2) is 29.6 Å². The van der Waals surface area contributed by atoms with Gasteiger partial charge in [0, 0.05) is 11.8 Å². The molecular weight excluding hydrogens is 315 g/mol. The molecule has 114 valence electrons. The lowest BCUT2D eigenvalue weighted by Crippen LogP contribution is -2.15. The molecule has 3 aromatic rings. The second-order valence-corrected chi connectivity index (χ2v) is 5.48. The highest BCUT2D eigenvalue weighted by atomic mass is 32.1. The monoisotopic (exact) mass is 325 g/mol. The molecule has 0 aliphatic heterocycles. The van der Waals surface area contributed by atoms with Gasteiger partial charge in [-0.2, -0.15) is 23.3 Å². The van der Waals surface area contributed by atoms with E-state index < -0.39 is 11.9 Å². The van der Waals surface area contributed by atoms with Crippen LogP contribution in [0.25, 0.3) is 16.4 Å². The molecule has 0 saturated carbocycles. The average molecular weight is 325 g/mol. The number of hydrogen-bond donors (Lipinski definition) is 1. The number of aryl methyl sites for hydroxylation is 1. The van der Waals surface area contributed by atoms with E-state index in [0.717, 1.165) is 10.7 Å². The SMILES string of the molecule is Cc1cc(-n2nc(-c3cccs3)cc2C(F)(F)F)nc(N)n1. The fourth-order valence-electron chi connectivity index (χ4n) is 1.99. The summed E-state index contributed by atoms with van der Waals surface area (Å²) in [5.41, 5.74) is 5.30. The number of hydrogen-bond acceptors (Lipinski definition) is 5. The second-order valence-electron chi connectivity index (χ2n) is 4.53. The van der Waals surface area contributed by atoms with Crippen LogP contribution in [0, 0.1) is 6.92 Å². The highest BCUT2D eigenvalue weighted by Crippen LogP contribution is 2.34. The van der Waals surface area contributed by atoms with Crippen LogP contribution in [-0.4, -0.2) is 19.7 Å². The standard InChI is InChI=1S/C13H10F3N5S/c1-7-5-11(19-12(17)18-7)21-10(13(14,15)16)6-8(20-21)9-3-2-4-22-9/h2-6H,1H3,(H2,17,18,19). The molecule has 0 aromatic carbocycles. The van der Waals surface area contributed by atoms with E-state index in [4.69, 9.17) is 5.73 Å². The highest BCUT2D eigenvalue weighted by Gasteiger charge is 2.37. The van der Waals surface area contributed by atoms with Gasteiger partial charge in [0.15, 0.2) is 11.5 Å². The van der Waals surface area contributed by atoms with Crippen molar-refractivity contribution in [3.63, 3.8) is 0 Å². The van der Waals surface area contributed by atoms with Crippen LogP contribution < -0.4 is 5.73 Å². The first-order valence-corrected chi connectivity index (χ1v) is 7.05. The van der Waals surface area contributed by atoms with Crippen molar-refractivity contribution < 1.29 is 13.2 Å². The molecule has 0 unspecified atom stereocenters. The topological polar surface area (TPSA) is 69.6 Å². The Morgan fingerprint density at radius 3 is 2.59 bits per heavy atom. The molecule has 0 aliphatic carbocycles. The summed E-state index contributed by atoms with van der Waals surface area (Å²) in [6, 6.07) is 5.85. The van der Waals surface area contributed by atoms with E-state index in [-0.39, 0.29) is 17.5 Å². The summed E-state index contributed by atoms with van der Waals surface area (Å²) in [5.74, 6) is -0.114. The van der Waals surface area contributed by atoms with Gasteiger partial charge in [0.25, 0.3) is 0 Å². The minimum atomic E-state index is -4.56. The summed E-state index contributed by atoms with van der Waals surface area (Å²) in [5, 5.41) is 5.81. The number of halogens is 3. The molecule has 0 aliphatic rings. The van der Waals surface area contributed by atoms with Crippen molar-refractivity contribution in [2.75, 3.05) is 5.73 Å². The first-order valence-electron chi connectivity index (χ1n) is 6.17. The Bertz CT molecular complexity index is 787. The van der Waals surface area contributed by atoms with E-state index in [1.165, 1.54) is 17.4 Å². The fourth-order valence-corrected chi connectivity index (χ4v) is 2.67. The molecule has 3 rings (SSSR count). The summed E-state index contributed by atoms with van der Waals surface area (Å²) < 4.78 is 40.5. The lowest BCUT2D eigenvalue weighted by Gasteiger charge is -2.10. The largest absolute Gasteiger partial charge is 0.433 e. The highest BCUT2D eigenvalue weighted by molar-refractivity contribution is 7.13. The summed E-state index contributed by atoms with van der Waals surface area (Å²) in [4.78, 5) is 8.34. The molecule has 3 aromatic heterocycles. The van der Waals surface area contributed by atoms with Gasteiger partial charge in [0.2, 0.25) is 5.95 Å². The number of nitrogens with two attached hydrogens (primary N) is 1. The first kappa shape index (κ1) is 14.5. The van der Waals surface area contributed by atoms with Crippen LogP contribution in [0.4, 0.5) is 19.1 Å². The zero-order chi connectivity index (χ0) is 15.9.